The van der Waals surface area contributed by atoms with Crippen molar-refractivity contribution in [1.82, 2.24) is 4.90 Å². The van der Waals surface area contributed by atoms with Gasteiger partial charge >= 0.3 is 0 Å². The van der Waals surface area contributed by atoms with E-state index in [-0.39, 0.29) is 0 Å². The number of methoxy groups -OCH3 is 1. The maximum absolute atomic E-state index is 9.04. The highest BCUT2D eigenvalue weighted by molar-refractivity contribution is 4.60. The summed E-state index contributed by atoms with van der Waals surface area (Å²) in [5.74, 6) is 0. The van der Waals surface area contributed by atoms with Gasteiger partial charge in [0.25, 0.3) is 0 Å². The lowest BCUT2D eigenvalue weighted by molar-refractivity contribution is 0.192. The number of nitrogens with zero attached hydrogens (tertiary/aromatic N) is 1. The molecule has 0 aromatic carbocycles. The molecule has 33 heavy (non-hydrogen) atoms. The van der Waals surface area contributed by atoms with Gasteiger partial charge in [0.05, 0.1) is 0 Å². The first-order valence-electron chi connectivity index (χ1n) is 15.2. The van der Waals surface area contributed by atoms with E-state index >= 15 is 0 Å². The van der Waals surface area contributed by atoms with E-state index in [1.807, 2.05) is 0 Å². The Balaban J connectivity index is 3.66. The van der Waals surface area contributed by atoms with Crippen LogP contribution in [0.3, 0.4) is 0 Å². The molecular weight excluding hydrogens is 406 g/mol. The number of aliphatic hydroxyl groups excluding tert-OH is 1. The molecule has 0 amide bonds. The third-order valence-corrected chi connectivity index (χ3v) is 7.03. The molecule has 0 heterocycles. The topological polar surface area (TPSA) is 32.7 Å². The standard InChI is InChI=1S/C30H63NO2/c1-3-4-5-6-7-8-11-14-17-21-26-31(28-23-20-24-29-32)27-22-18-15-12-9-10-13-16-19-25-30-33-2/h32H,3-30H2,1-2H3. The number of hydrogen-bond donors (Lipinski definition) is 1. The number of ether oxygens (including phenoxy) is 1. The van der Waals surface area contributed by atoms with Crippen LogP contribution in [0.1, 0.15) is 155 Å². The lowest BCUT2D eigenvalue weighted by Crippen LogP contribution is -2.27. The Morgan fingerprint density at radius 1 is 0.455 bits per heavy atom. The van der Waals surface area contributed by atoms with Gasteiger partial charge in [0.15, 0.2) is 0 Å². The second-order valence-electron chi connectivity index (χ2n) is 10.3. The highest BCUT2D eigenvalue weighted by atomic mass is 16.5. The summed E-state index contributed by atoms with van der Waals surface area (Å²) >= 11 is 0. The van der Waals surface area contributed by atoms with Gasteiger partial charge < -0.3 is 14.7 Å². The van der Waals surface area contributed by atoms with Crippen LogP contribution in [-0.2, 0) is 4.74 Å². The molecule has 0 bridgehead atoms. The van der Waals surface area contributed by atoms with Crippen molar-refractivity contribution in [3.63, 3.8) is 0 Å². The van der Waals surface area contributed by atoms with E-state index in [0.29, 0.717) is 6.61 Å². The van der Waals surface area contributed by atoms with Crippen LogP contribution in [0.25, 0.3) is 0 Å². The summed E-state index contributed by atoms with van der Waals surface area (Å²) in [7, 11) is 1.80. The predicted octanol–water partition coefficient (Wildman–Crippen LogP) is 8.92. The molecule has 0 aliphatic carbocycles. The maximum Gasteiger partial charge on any atom is 0.0462 e. The molecule has 0 aliphatic heterocycles. The molecule has 0 saturated heterocycles. The Morgan fingerprint density at radius 2 is 0.788 bits per heavy atom. The SMILES string of the molecule is CCCCCCCCCCCCN(CCCCCO)CCCCCCCCCCCCOC. The summed E-state index contributed by atoms with van der Waals surface area (Å²) in [5, 5.41) is 9.04. The quantitative estimate of drug-likeness (QED) is 0.111. The van der Waals surface area contributed by atoms with Gasteiger partial charge in [-0.1, -0.05) is 116 Å². The van der Waals surface area contributed by atoms with Crippen molar-refractivity contribution in [3.8, 4) is 0 Å². The largest absolute Gasteiger partial charge is 0.396 e. The van der Waals surface area contributed by atoms with Crippen LogP contribution in [0.2, 0.25) is 0 Å². The van der Waals surface area contributed by atoms with Gasteiger partial charge in [-0.05, 0) is 58.2 Å². The zero-order chi connectivity index (χ0) is 24.1. The van der Waals surface area contributed by atoms with E-state index in [2.05, 4.69) is 11.8 Å². The Kier molecular flexibility index (Phi) is 29.8. The minimum Gasteiger partial charge on any atom is -0.396 e. The Labute approximate surface area is 209 Å². The van der Waals surface area contributed by atoms with Crippen LogP contribution < -0.4 is 0 Å². The van der Waals surface area contributed by atoms with Gasteiger partial charge in [0.1, 0.15) is 0 Å². The molecule has 0 aromatic heterocycles. The van der Waals surface area contributed by atoms with Crippen LogP contribution >= 0.6 is 0 Å². The first-order valence-corrected chi connectivity index (χ1v) is 15.2. The number of hydrogen-bond acceptors (Lipinski definition) is 3. The molecule has 0 fully saturated rings. The molecule has 0 spiro atoms. The zero-order valence-electron chi connectivity index (χ0n) is 23.1. The van der Waals surface area contributed by atoms with Crippen molar-refractivity contribution >= 4 is 0 Å². The summed E-state index contributed by atoms with van der Waals surface area (Å²) in [5.41, 5.74) is 0. The Hall–Kier alpha value is -0.120. The van der Waals surface area contributed by atoms with E-state index in [1.54, 1.807) is 7.11 Å². The van der Waals surface area contributed by atoms with Gasteiger partial charge in [-0.15, -0.1) is 0 Å². The molecule has 0 unspecified atom stereocenters. The molecular formula is C30H63NO2. The van der Waals surface area contributed by atoms with Crippen molar-refractivity contribution in [3.05, 3.63) is 0 Å². The third kappa shape index (κ3) is 28.0. The highest BCUT2D eigenvalue weighted by Crippen LogP contribution is 2.13. The fourth-order valence-electron chi connectivity index (χ4n) is 4.78. The molecule has 3 heteroatoms. The van der Waals surface area contributed by atoms with Crippen molar-refractivity contribution in [2.24, 2.45) is 0 Å². The molecule has 0 rings (SSSR count). The molecule has 0 saturated carbocycles. The molecule has 1 N–H and O–H groups in total. The molecule has 0 aromatic rings. The maximum atomic E-state index is 9.04. The number of aliphatic hydroxyl groups is 1. The number of rotatable bonds is 29. The van der Waals surface area contributed by atoms with Gasteiger partial charge in [-0.2, -0.15) is 0 Å². The fourth-order valence-corrected chi connectivity index (χ4v) is 4.78. The average Bonchev–Trinajstić information content (AvgIpc) is 2.83. The monoisotopic (exact) mass is 469 g/mol. The lowest BCUT2D eigenvalue weighted by atomic mass is 10.1. The third-order valence-electron chi connectivity index (χ3n) is 7.03. The second kappa shape index (κ2) is 29.9. The van der Waals surface area contributed by atoms with Crippen molar-refractivity contribution in [1.29, 1.82) is 0 Å². The van der Waals surface area contributed by atoms with Crippen LogP contribution in [0.15, 0.2) is 0 Å². The molecule has 0 aliphatic rings. The van der Waals surface area contributed by atoms with Gasteiger partial charge in [0.2, 0.25) is 0 Å². The van der Waals surface area contributed by atoms with Crippen molar-refractivity contribution in [2.45, 2.75) is 155 Å². The van der Waals surface area contributed by atoms with E-state index in [1.165, 1.54) is 161 Å². The summed E-state index contributed by atoms with van der Waals surface area (Å²) in [4.78, 5) is 2.72. The summed E-state index contributed by atoms with van der Waals surface area (Å²) in [6.45, 7) is 7.39. The van der Waals surface area contributed by atoms with Crippen LogP contribution in [0, 0.1) is 0 Å². The van der Waals surface area contributed by atoms with Gasteiger partial charge in [-0.25, -0.2) is 0 Å². The normalized spacial score (nSPS) is 11.6. The summed E-state index contributed by atoms with van der Waals surface area (Å²) in [6.07, 6.45) is 31.4. The van der Waals surface area contributed by atoms with Crippen LogP contribution in [0.5, 0.6) is 0 Å². The van der Waals surface area contributed by atoms with E-state index in [0.717, 1.165) is 13.0 Å². The molecule has 200 valence electrons. The Morgan fingerprint density at radius 3 is 1.15 bits per heavy atom. The first-order chi connectivity index (χ1) is 16.3. The van der Waals surface area contributed by atoms with Crippen molar-refractivity contribution in [2.75, 3.05) is 40.0 Å². The zero-order valence-corrected chi connectivity index (χ0v) is 23.1. The average molecular weight is 470 g/mol. The van der Waals surface area contributed by atoms with E-state index < -0.39 is 0 Å². The second-order valence-corrected chi connectivity index (χ2v) is 10.3. The van der Waals surface area contributed by atoms with Crippen LogP contribution in [-0.4, -0.2) is 50.0 Å². The summed E-state index contributed by atoms with van der Waals surface area (Å²) < 4.78 is 5.12. The summed E-state index contributed by atoms with van der Waals surface area (Å²) in [6, 6.07) is 0. The predicted molar refractivity (Wildman–Crippen MR) is 147 cm³/mol. The minimum atomic E-state index is 0.353. The van der Waals surface area contributed by atoms with Gasteiger partial charge in [-0.3, -0.25) is 0 Å². The van der Waals surface area contributed by atoms with E-state index in [4.69, 9.17) is 9.84 Å². The van der Waals surface area contributed by atoms with Crippen LogP contribution in [0.4, 0.5) is 0 Å². The van der Waals surface area contributed by atoms with Crippen molar-refractivity contribution < 1.29 is 9.84 Å². The van der Waals surface area contributed by atoms with Gasteiger partial charge in [0, 0.05) is 20.3 Å². The first kappa shape index (κ1) is 32.9. The smallest absolute Gasteiger partial charge is 0.0462 e. The minimum absolute atomic E-state index is 0.353. The lowest BCUT2D eigenvalue weighted by Gasteiger charge is -2.22. The molecule has 3 nitrogen and oxygen atoms in total. The Bertz CT molecular complexity index is 337. The number of unbranched alkanes of at least 4 members (excludes halogenated alkanes) is 20. The highest BCUT2D eigenvalue weighted by Gasteiger charge is 2.05. The molecule has 0 atom stereocenters. The fraction of sp³-hybridized carbons (Fsp3) is 1.00. The van der Waals surface area contributed by atoms with E-state index in [9.17, 15) is 0 Å². The molecule has 0 radical (unpaired) electrons.